The van der Waals surface area contributed by atoms with Crippen molar-refractivity contribution in [2.24, 2.45) is 5.73 Å². The molecule has 0 aromatic carbocycles. The molecular formula is C17H28N4. The summed E-state index contributed by atoms with van der Waals surface area (Å²) < 4.78 is 0. The third-order valence-corrected chi connectivity index (χ3v) is 5.02. The van der Waals surface area contributed by atoms with Gasteiger partial charge < -0.3 is 10.6 Å². The van der Waals surface area contributed by atoms with Crippen molar-refractivity contribution in [1.82, 2.24) is 9.88 Å². The van der Waals surface area contributed by atoms with Crippen LogP contribution in [0.2, 0.25) is 0 Å². The molecule has 2 N–H and O–H groups in total. The van der Waals surface area contributed by atoms with Crippen LogP contribution in [0.1, 0.15) is 37.3 Å². The first-order valence-electron chi connectivity index (χ1n) is 8.37. The molecule has 2 unspecified atom stereocenters. The molecule has 2 aliphatic heterocycles. The fourth-order valence-electron chi connectivity index (χ4n) is 3.70. The van der Waals surface area contributed by atoms with E-state index in [4.69, 9.17) is 10.7 Å². The number of rotatable bonds is 4. The summed E-state index contributed by atoms with van der Waals surface area (Å²) in [6.07, 6.45) is 6.68. The first-order valence-corrected chi connectivity index (χ1v) is 8.37. The van der Waals surface area contributed by atoms with Crippen molar-refractivity contribution >= 4 is 5.82 Å². The Balaban J connectivity index is 1.70. The Labute approximate surface area is 128 Å². The van der Waals surface area contributed by atoms with Crippen LogP contribution in [0.5, 0.6) is 0 Å². The summed E-state index contributed by atoms with van der Waals surface area (Å²) in [6, 6.07) is 3.27. The van der Waals surface area contributed by atoms with Gasteiger partial charge in [-0.3, -0.25) is 4.90 Å². The molecule has 0 amide bonds. The van der Waals surface area contributed by atoms with E-state index in [1.807, 2.05) is 6.20 Å². The zero-order valence-electron chi connectivity index (χ0n) is 13.4. The minimum Gasteiger partial charge on any atom is -0.354 e. The number of nitrogens with zero attached hydrogens (tertiary/aromatic N) is 3. The Bertz CT molecular complexity index is 488. The molecule has 1 aromatic heterocycles. The van der Waals surface area contributed by atoms with E-state index >= 15 is 0 Å². The van der Waals surface area contributed by atoms with Gasteiger partial charge in [0.2, 0.25) is 0 Å². The Morgan fingerprint density at radius 2 is 2.24 bits per heavy atom. The van der Waals surface area contributed by atoms with Crippen LogP contribution in [-0.4, -0.2) is 48.1 Å². The number of fused-ring (bicyclic) bond motifs is 1. The van der Waals surface area contributed by atoms with E-state index in [1.54, 1.807) is 0 Å². The fourth-order valence-corrected chi connectivity index (χ4v) is 3.70. The smallest absolute Gasteiger partial charge is 0.131 e. The Morgan fingerprint density at radius 3 is 3.00 bits per heavy atom. The third kappa shape index (κ3) is 3.22. The van der Waals surface area contributed by atoms with Gasteiger partial charge in [-0.05, 0) is 50.3 Å². The summed E-state index contributed by atoms with van der Waals surface area (Å²) in [5, 5.41) is 0. The minimum absolute atomic E-state index is 0.249. The van der Waals surface area contributed by atoms with Gasteiger partial charge >= 0.3 is 0 Å². The van der Waals surface area contributed by atoms with E-state index in [9.17, 15) is 0 Å². The highest BCUT2D eigenvalue weighted by Crippen LogP contribution is 2.26. The normalized spacial score (nSPS) is 24.1. The van der Waals surface area contributed by atoms with Crippen molar-refractivity contribution in [1.29, 1.82) is 0 Å². The van der Waals surface area contributed by atoms with Gasteiger partial charge in [0, 0.05) is 37.9 Å². The lowest BCUT2D eigenvalue weighted by molar-refractivity contribution is 0.230. The van der Waals surface area contributed by atoms with Crippen LogP contribution in [0.25, 0.3) is 0 Å². The first kappa shape index (κ1) is 14.8. The highest BCUT2D eigenvalue weighted by atomic mass is 15.3. The molecule has 3 rings (SSSR count). The molecule has 21 heavy (non-hydrogen) atoms. The average molecular weight is 288 g/mol. The van der Waals surface area contributed by atoms with E-state index in [-0.39, 0.29) is 6.04 Å². The largest absolute Gasteiger partial charge is 0.354 e. The lowest BCUT2D eigenvalue weighted by Crippen LogP contribution is -2.50. The van der Waals surface area contributed by atoms with Crippen molar-refractivity contribution in [2.75, 3.05) is 31.1 Å². The predicted octanol–water partition coefficient (Wildman–Crippen LogP) is 1.95. The molecule has 116 valence electrons. The lowest BCUT2D eigenvalue weighted by atomic mass is 10.0. The summed E-state index contributed by atoms with van der Waals surface area (Å²) in [6.45, 7) is 9.05. The van der Waals surface area contributed by atoms with Gasteiger partial charge in [0.15, 0.2) is 0 Å². The summed E-state index contributed by atoms with van der Waals surface area (Å²) in [5.41, 5.74) is 8.61. The summed E-state index contributed by atoms with van der Waals surface area (Å²) in [4.78, 5) is 9.87. The van der Waals surface area contributed by atoms with Gasteiger partial charge in [0.1, 0.15) is 5.82 Å². The van der Waals surface area contributed by atoms with Crippen LogP contribution in [0.15, 0.2) is 12.3 Å². The summed E-state index contributed by atoms with van der Waals surface area (Å²) >= 11 is 0. The average Bonchev–Trinajstić information content (AvgIpc) is 2.94. The van der Waals surface area contributed by atoms with Crippen molar-refractivity contribution < 1.29 is 0 Å². The van der Waals surface area contributed by atoms with Gasteiger partial charge in [-0.25, -0.2) is 4.98 Å². The van der Waals surface area contributed by atoms with Crippen LogP contribution in [0.4, 0.5) is 5.82 Å². The number of piperazine rings is 1. The molecule has 0 saturated carbocycles. The molecule has 4 nitrogen and oxygen atoms in total. The standard InChI is InChI=1S/C17H28N4/c1-3-15(18)10-14-9-13(2)17(19-11-14)21-8-7-20-6-4-5-16(20)12-21/h9,11,15-16H,3-8,10,12,18H2,1-2H3. The highest BCUT2D eigenvalue weighted by Gasteiger charge is 2.31. The number of hydrogen-bond donors (Lipinski definition) is 1. The molecular weight excluding hydrogens is 260 g/mol. The monoisotopic (exact) mass is 288 g/mol. The zero-order valence-corrected chi connectivity index (χ0v) is 13.4. The maximum absolute atomic E-state index is 6.05. The second-order valence-electron chi connectivity index (χ2n) is 6.63. The molecule has 0 bridgehead atoms. The Morgan fingerprint density at radius 1 is 1.38 bits per heavy atom. The molecule has 2 saturated heterocycles. The summed E-state index contributed by atoms with van der Waals surface area (Å²) in [7, 11) is 0. The molecule has 4 heteroatoms. The zero-order chi connectivity index (χ0) is 14.8. The Kier molecular flexibility index (Phi) is 4.45. The van der Waals surface area contributed by atoms with E-state index in [0.29, 0.717) is 0 Å². The van der Waals surface area contributed by atoms with Crippen molar-refractivity contribution in [2.45, 2.75) is 51.6 Å². The van der Waals surface area contributed by atoms with Crippen LogP contribution in [0, 0.1) is 6.92 Å². The molecule has 2 aliphatic rings. The molecule has 1 aromatic rings. The maximum atomic E-state index is 6.05. The number of pyridine rings is 1. The third-order valence-electron chi connectivity index (χ3n) is 5.02. The molecule has 2 atom stereocenters. The van der Waals surface area contributed by atoms with Gasteiger partial charge in [-0.15, -0.1) is 0 Å². The van der Waals surface area contributed by atoms with Crippen molar-refractivity contribution in [3.8, 4) is 0 Å². The highest BCUT2D eigenvalue weighted by molar-refractivity contribution is 5.48. The van der Waals surface area contributed by atoms with Crippen LogP contribution in [-0.2, 0) is 6.42 Å². The van der Waals surface area contributed by atoms with E-state index in [0.717, 1.165) is 32.0 Å². The van der Waals surface area contributed by atoms with Crippen LogP contribution < -0.4 is 10.6 Å². The number of nitrogens with two attached hydrogens (primary N) is 1. The van der Waals surface area contributed by atoms with Gasteiger partial charge in [-0.1, -0.05) is 13.0 Å². The number of hydrogen-bond acceptors (Lipinski definition) is 4. The first-order chi connectivity index (χ1) is 10.2. The molecule has 0 aliphatic carbocycles. The number of aryl methyl sites for hydroxylation is 1. The van der Waals surface area contributed by atoms with Crippen LogP contribution in [0.3, 0.4) is 0 Å². The summed E-state index contributed by atoms with van der Waals surface area (Å²) in [5.74, 6) is 1.18. The SMILES string of the molecule is CCC(N)Cc1cnc(N2CCN3CCCC3C2)c(C)c1. The number of aromatic nitrogens is 1. The Hall–Kier alpha value is -1.13. The molecule has 0 radical (unpaired) electrons. The maximum Gasteiger partial charge on any atom is 0.131 e. The predicted molar refractivity (Wildman–Crippen MR) is 87.8 cm³/mol. The molecule has 0 spiro atoms. The van der Waals surface area contributed by atoms with E-state index < -0.39 is 0 Å². The van der Waals surface area contributed by atoms with Gasteiger partial charge in [0.25, 0.3) is 0 Å². The number of anilines is 1. The van der Waals surface area contributed by atoms with Gasteiger partial charge in [-0.2, -0.15) is 0 Å². The second kappa shape index (κ2) is 6.32. The lowest BCUT2D eigenvalue weighted by Gasteiger charge is -2.38. The van der Waals surface area contributed by atoms with Crippen molar-refractivity contribution in [3.05, 3.63) is 23.4 Å². The van der Waals surface area contributed by atoms with Gasteiger partial charge in [0.05, 0.1) is 0 Å². The van der Waals surface area contributed by atoms with Crippen molar-refractivity contribution in [3.63, 3.8) is 0 Å². The topological polar surface area (TPSA) is 45.4 Å². The van der Waals surface area contributed by atoms with E-state index in [2.05, 4.69) is 29.7 Å². The van der Waals surface area contributed by atoms with Crippen LogP contribution >= 0.6 is 0 Å². The van der Waals surface area contributed by atoms with E-state index in [1.165, 1.54) is 42.9 Å². The fraction of sp³-hybridized carbons (Fsp3) is 0.706. The second-order valence-corrected chi connectivity index (χ2v) is 6.63. The molecule has 2 fully saturated rings. The minimum atomic E-state index is 0.249. The quantitative estimate of drug-likeness (QED) is 0.920. The molecule has 3 heterocycles.